The van der Waals surface area contributed by atoms with E-state index in [0.717, 1.165) is 4.48 Å². The molecule has 0 spiro atoms. The molecular weight excluding hydrogens is 328 g/mol. The van der Waals surface area contributed by atoms with Crippen molar-refractivity contribution in [3.05, 3.63) is 0 Å². The Bertz CT molecular complexity index is 251. The van der Waals surface area contributed by atoms with Gasteiger partial charge in [-0.3, -0.25) is 5.32 Å². The van der Waals surface area contributed by atoms with Crippen LogP contribution in [-0.2, 0) is 0 Å². The Morgan fingerprint density at radius 1 is 0.600 bits per heavy atom. The molecule has 0 rings (SSSR count). The molecule has 0 aromatic heterocycles. The number of nitrogens with zero attached hydrogens (tertiary/aromatic N) is 1. The predicted molar refractivity (Wildman–Crippen MR) is 110 cm³/mol. The van der Waals surface area contributed by atoms with Crippen LogP contribution in [0.15, 0.2) is 0 Å². The van der Waals surface area contributed by atoms with Crippen LogP contribution in [0.25, 0.3) is 0 Å². The van der Waals surface area contributed by atoms with Crippen LogP contribution >= 0.6 is 0 Å². The Labute approximate surface area is 166 Å². The maximum absolute atomic E-state index is 3.72. The maximum atomic E-state index is 3.72. The van der Waals surface area contributed by atoms with Crippen LogP contribution in [0, 0.1) is 0 Å². The first kappa shape index (κ1) is 27.4. The fraction of sp³-hybridized carbons (Fsp3) is 1.00. The van der Waals surface area contributed by atoms with E-state index in [1.165, 1.54) is 103 Å². The predicted octanol–water partition coefficient (Wildman–Crippen LogP) is 3.50. The molecule has 0 bridgehead atoms. The summed E-state index contributed by atoms with van der Waals surface area (Å²) in [6.07, 6.45) is 22.0. The molecule has 154 valence electrons. The smallest absolute Gasteiger partial charge is 0.141 e. The summed E-state index contributed by atoms with van der Waals surface area (Å²) in [5.74, 6) is 0. The quantitative estimate of drug-likeness (QED) is 0.219. The average Bonchev–Trinajstić information content (AvgIpc) is 2.53. The summed E-state index contributed by atoms with van der Waals surface area (Å²) >= 11 is 0. The number of halogens is 1. The molecule has 1 atom stereocenters. The number of rotatable bonds is 18. The molecule has 25 heavy (non-hydrogen) atoms. The van der Waals surface area contributed by atoms with Crippen molar-refractivity contribution < 1.29 is 16.9 Å². The minimum atomic E-state index is 0. The molecule has 0 heterocycles. The summed E-state index contributed by atoms with van der Waals surface area (Å²) in [5.41, 5.74) is 0. The molecule has 0 saturated carbocycles. The van der Waals surface area contributed by atoms with Gasteiger partial charge in [0.05, 0.1) is 21.1 Å². The van der Waals surface area contributed by atoms with Crippen molar-refractivity contribution in [3.8, 4) is 0 Å². The maximum Gasteiger partial charge on any atom is 0.141 e. The first-order chi connectivity index (χ1) is 11.5. The van der Waals surface area contributed by atoms with E-state index in [2.05, 4.69) is 40.3 Å². The summed E-state index contributed by atoms with van der Waals surface area (Å²) in [4.78, 5) is 0. The number of quaternary nitrogens is 1. The number of nitrogens with one attached hydrogen (secondary N) is 1. The van der Waals surface area contributed by atoms with Gasteiger partial charge in [-0.1, -0.05) is 97.3 Å². The normalized spacial score (nSPS) is 12.8. The Morgan fingerprint density at radius 3 is 1.28 bits per heavy atom. The summed E-state index contributed by atoms with van der Waals surface area (Å²) < 4.78 is 1.02. The molecule has 0 aliphatic carbocycles. The highest BCUT2D eigenvalue weighted by Gasteiger charge is 2.19. The van der Waals surface area contributed by atoms with Crippen LogP contribution in [0.1, 0.15) is 110 Å². The molecule has 2 nitrogen and oxygen atoms in total. The molecule has 0 radical (unpaired) electrons. The van der Waals surface area contributed by atoms with E-state index >= 15 is 0 Å². The minimum Gasteiger partial charge on any atom is -1.00 e. The molecule has 1 N–H and O–H groups in total. The van der Waals surface area contributed by atoms with Crippen LogP contribution in [0.3, 0.4) is 0 Å². The second-order valence-electron chi connectivity index (χ2n) is 8.59. The van der Waals surface area contributed by atoms with Gasteiger partial charge in [-0.25, -0.2) is 0 Å². The number of hydrogen-bond acceptors (Lipinski definition) is 1. The molecule has 3 heteroatoms. The van der Waals surface area contributed by atoms with Crippen molar-refractivity contribution in [1.29, 1.82) is 0 Å². The van der Waals surface area contributed by atoms with Crippen molar-refractivity contribution in [2.75, 3.05) is 27.7 Å². The standard InChI is InChI=1S/C22H49N2.ClH/c1-6-8-9-10-11-12-13-14-15-16-17-18-19-20-21-23-22(7-2)24(3,4)5;/h22-23H,6-21H2,1-5H3;1H/q+1;/p-1. The summed E-state index contributed by atoms with van der Waals surface area (Å²) in [6, 6.07) is 0. The SMILES string of the molecule is CCCCCCCCCCCCCCCCNC(CC)[N+](C)(C)C.[Cl-]. The molecule has 0 fully saturated rings. The fourth-order valence-electron chi connectivity index (χ4n) is 3.55. The van der Waals surface area contributed by atoms with Gasteiger partial charge in [-0.15, -0.1) is 0 Å². The van der Waals surface area contributed by atoms with Gasteiger partial charge in [0.15, 0.2) is 0 Å². The number of unbranched alkanes of at least 4 members (excludes halogenated alkanes) is 13. The summed E-state index contributed by atoms with van der Waals surface area (Å²) in [7, 11) is 6.85. The third-order valence-corrected chi connectivity index (χ3v) is 5.23. The van der Waals surface area contributed by atoms with Crippen molar-refractivity contribution in [2.45, 2.75) is 116 Å². The lowest BCUT2D eigenvalue weighted by molar-refractivity contribution is -0.899. The van der Waals surface area contributed by atoms with Crippen molar-refractivity contribution >= 4 is 0 Å². The van der Waals surface area contributed by atoms with E-state index in [1.807, 2.05) is 0 Å². The van der Waals surface area contributed by atoms with Gasteiger partial charge < -0.3 is 16.9 Å². The third-order valence-electron chi connectivity index (χ3n) is 5.23. The van der Waals surface area contributed by atoms with E-state index in [1.54, 1.807) is 0 Å². The van der Waals surface area contributed by atoms with Crippen LogP contribution < -0.4 is 17.7 Å². The minimum absolute atomic E-state index is 0. The van der Waals surface area contributed by atoms with Crippen LogP contribution in [0.4, 0.5) is 0 Å². The lowest BCUT2D eigenvalue weighted by atomic mass is 10.0. The first-order valence-corrected chi connectivity index (χ1v) is 11.1. The molecule has 0 aromatic carbocycles. The van der Waals surface area contributed by atoms with Crippen molar-refractivity contribution in [3.63, 3.8) is 0 Å². The molecule has 0 saturated heterocycles. The highest BCUT2D eigenvalue weighted by molar-refractivity contribution is 4.55. The molecule has 0 aromatic rings. The van der Waals surface area contributed by atoms with Gasteiger partial charge in [0.25, 0.3) is 0 Å². The lowest BCUT2D eigenvalue weighted by Gasteiger charge is -2.34. The van der Waals surface area contributed by atoms with E-state index in [0.29, 0.717) is 6.17 Å². The molecule has 1 unspecified atom stereocenters. The van der Waals surface area contributed by atoms with E-state index in [4.69, 9.17) is 0 Å². The second-order valence-corrected chi connectivity index (χ2v) is 8.59. The zero-order chi connectivity index (χ0) is 18.1. The first-order valence-electron chi connectivity index (χ1n) is 11.1. The van der Waals surface area contributed by atoms with E-state index < -0.39 is 0 Å². The van der Waals surface area contributed by atoms with Gasteiger partial charge in [-0.05, 0) is 6.42 Å². The van der Waals surface area contributed by atoms with Gasteiger partial charge in [-0.2, -0.15) is 0 Å². The fourth-order valence-corrected chi connectivity index (χ4v) is 3.55. The highest BCUT2D eigenvalue weighted by atomic mass is 35.5. The van der Waals surface area contributed by atoms with E-state index in [9.17, 15) is 0 Å². The molecule has 0 aliphatic heterocycles. The molecule has 0 amide bonds. The average molecular weight is 377 g/mol. The summed E-state index contributed by atoms with van der Waals surface area (Å²) in [5, 5.41) is 3.72. The monoisotopic (exact) mass is 376 g/mol. The van der Waals surface area contributed by atoms with Gasteiger partial charge >= 0.3 is 0 Å². The molecule has 0 aliphatic rings. The van der Waals surface area contributed by atoms with Crippen molar-refractivity contribution in [2.24, 2.45) is 0 Å². The number of hydrogen-bond donors (Lipinski definition) is 1. The van der Waals surface area contributed by atoms with Gasteiger partial charge in [0.1, 0.15) is 6.17 Å². The van der Waals surface area contributed by atoms with Crippen molar-refractivity contribution in [1.82, 2.24) is 5.32 Å². The topological polar surface area (TPSA) is 12.0 Å². The Hall–Kier alpha value is 0.210. The van der Waals surface area contributed by atoms with E-state index in [-0.39, 0.29) is 12.4 Å². The highest BCUT2D eigenvalue weighted by Crippen LogP contribution is 2.13. The lowest BCUT2D eigenvalue weighted by Crippen LogP contribution is -3.00. The second kappa shape index (κ2) is 19.0. The van der Waals surface area contributed by atoms with Gasteiger partial charge in [0, 0.05) is 13.0 Å². The van der Waals surface area contributed by atoms with Crippen LogP contribution in [0.5, 0.6) is 0 Å². The zero-order valence-corrected chi connectivity index (χ0v) is 19.0. The summed E-state index contributed by atoms with van der Waals surface area (Å²) in [6.45, 7) is 5.77. The van der Waals surface area contributed by atoms with Gasteiger partial charge in [0.2, 0.25) is 0 Å². The largest absolute Gasteiger partial charge is 1.00 e. The Kier molecular flexibility index (Phi) is 20.8. The Morgan fingerprint density at radius 2 is 0.960 bits per heavy atom. The van der Waals surface area contributed by atoms with Crippen LogP contribution in [-0.4, -0.2) is 38.3 Å². The zero-order valence-electron chi connectivity index (χ0n) is 18.2. The Balaban J connectivity index is 0. The van der Waals surface area contributed by atoms with Crippen LogP contribution in [0.2, 0.25) is 0 Å². The molecular formula is C22H49ClN2. The third kappa shape index (κ3) is 18.8.